The summed E-state index contributed by atoms with van der Waals surface area (Å²) in [4.78, 5) is 0. The first-order valence-electron chi connectivity index (χ1n) is 25.9. The molecular formula is C52H102O7. The third kappa shape index (κ3) is 38.6. The Morgan fingerprint density at radius 1 is 0.237 bits per heavy atom. The molecule has 0 rings (SSSR count). The second-order valence-corrected chi connectivity index (χ2v) is 16.8. The molecule has 0 aromatic carbocycles. The van der Waals surface area contributed by atoms with E-state index >= 15 is 0 Å². The maximum absolute atomic E-state index is 6.94. The smallest absolute Gasteiger partial charge is 0.303 e. The summed E-state index contributed by atoms with van der Waals surface area (Å²) in [5, 5.41) is 0. The molecule has 0 heterocycles. The SMILES string of the molecule is CCCC=CCCOC(OCCCCCCCCC)(OCCCCCCCCC)OC(OCCC=CCCC)(OCCCCCCCCC)OCCCCCCCCC. The third-order valence-electron chi connectivity index (χ3n) is 10.7. The van der Waals surface area contributed by atoms with Gasteiger partial charge in [0, 0.05) is 0 Å². The number of ether oxygens (including phenoxy) is 7. The minimum atomic E-state index is -1.83. The van der Waals surface area contributed by atoms with Crippen molar-refractivity contribution in [2.75, 3.05) is 39.6 Å². The molecule has 0 N–H and O–H groups in total. The van der Waals surface area contributed by atoms with E-state index in [-0.39, 0.29) is 0 Å². The van der Waals surface area contributed by atoms with Crippen LogP contribution in [0.25, 0.3) is 0 Å². The molecule has 0 aliphatic carbocycles. The van der Waals surface area contributed by atoms with Crippen LogP contribution in [-0.2, 0) is 33.2 Å². The molecule has 0 aromatic rings. The Morgan fingerprint density at radius 2 is 0.458 bits per heavy atom. The molecule has 352 valence electrons. The first-order valence-corrected chi connectivity index (χ1v) is 25.9. The van der Waals surface area contributed by atoms with Crippen LogP contribution in [0.2, 0.25) is 0 Å². The zero-order chi connectivity index (χ0) is 43.1. The topological polar surface area (TPSA) is 64.6 Å². The van der Waals surface area contributed by atoms with E-state index < -0.39 is 12.3 Å². The Balaban J connectivity index is 6.50. The number of hydrogen-bond acceptors (Lipinski definition) is 7. The summed E-state index contributed by atoms with van der Waals surface area (Å²) in [5.41, 5.74) is 0. The first kappa shape index (κ1) is 58.2. The van der Waals surface area contributed by atoms with Gasteiger partial charge < -0.3 is 28.4 Å². The molecular weight excluding hydrogens is 737 g/mol. The zero-order valence-electron chi connectivity index (χ0n) is 40.5. The van der Waals surface area contributed by atoms with Crippen molar-refractivity contribution in [1.82, 2.24) is 0 Å². The lowest BCUT2D eigenvalue weighted by molar-refractivity contribution is -0.620. The van der Waals surface area contributed by atoms with Crippen molar-refractivity contribution in [3.8, 4) is 0 Å². The van der Waals surface area contributed by atoms with E-state index in [2.05, 4.69) is 65.8 Å². The van der Waals surface area contributed by atoms with Crippen LogP contribution < -0.4 is 0 Å². The molecule has 0 bridgehead atoms. The van der Waals surface area contributed by atoms with Crippen LogP contribution in [0, 0.1) is 0 Å². The van der Waals surface area contributed by atoms with Crippen molar-refractivity contribution in [2.24, 2.45) is 0 Å². The Morgan fingerprint density at radius 3 is 0.712 bits per heavy atom. The van der Waals surface area contributed by atoms with Gasteiger partial charge in [0.05, 0.1) is 39.6 Å². The molecule has 7 nitrogen and oxygen atoms in total. The third-order valence-corrected chi connectivity index (χ3v) is 10.7. The van der Waals surface area contributed by atoms with Gasteiger partial charge in [0.25, 0.3) is 0 Å². The number of allylic oxidation sites excluding steroid dienone is 2. The van der Waals surface area contributed by atoms with Gasteiger partial charge in [0.1, 0.15) is 0 Å². The highest BCUT2D eigenvalue weighted by Gasteiger charge is 2.49. The van der Waals surface area contributed by atoms with Gasteiger partial charge in [-0.15, -0.1) is 0 Å². The van der Waals surface area contributed by atoms with Crippen molar-refractivity contribution in [3.63, 3.8) is 0 Å². The first-order chi connectivity index (χ1) is 29.1. The Bertz CT molecular complexity index is 754. The van der Waals surface area contributed by atoms with E-state index in [0.29, 0.717) is 39.6 Å². The summed E-state index contributed by atoms with van der Waals surface area (Å²) in [6.07, 6.45) is 44.1. The summed E-state index contributed by atoms with van der Waals surface area (Å²) in [6.45, 7) is 16.0. The van der Waals surface area contributed by atoms with Crippen LogP contribution in [0.5, 0.6) is 0 Å². The standard InChI is InChI=1S/C52H102O7/c1-7-13-19-25-29-35-41-47-55-51(53-45-39-33-23-17-11-5,56-48-42-36-30-26-20-14-8-2)59-52(54-46-40-34-24-18-12-6,57-49-43-37-31-27-21-15-9-3)58-50-44-38-32-28-22-16-10-4/h23-24,33-34H,7-22,25-32,35-50H2,1-6H3. The molecule has 7 heteroatoms. The molecule has 0 unspecified atom stereocenters. The lowest BCUT2D eigenvalue weighted by atomic mass is 10.1. The van der Waals surface area contributed by atoms with E-state index in [4.69, 9.17) is 33.2 Å². The summed E-state index contributed by atoms with van der Waals surface area (Å²) >= 11 is 0. The molecule has 0 saturated heterocycles. The normalized spacial score (nSPS) is 12.6. The van der Waals surface area contributed by atoms with Gasteiger partial charge in [-0.25, -0.2) is 4.74 Å². The van der Waals surface area contributed by atoms with Gasteiger partial charge in [-0.05, 0) is 51.4 Å². The molecule has 0 fully saturated rings. The largest absolute Gasteiger partial charge is 0.418 e. The molecule has 0 aliphatic rings. The lowest BCUT2D eigenvalue weighted by Gasteiger charge is -2.40. The van der Waals surface area contributed by atoms with Crippen LogP contribution in [0.3, 0.4) is 0 Å². The quantitative estimate of drug-likeness (QED) is 0.0343. The van der Waals surface area contributed by atoms with Gasteiger partial charge in [0.2, 0.25) is 0 Å². The molecule has 0 saturated carbocycles. The fraction of sp³-hybridized carbons (Fsp3) is 0.923. The molecule has 59 heavy (non-hydrogen) atoms. The van der Waals surface area contributed by atoms with Crippen LogP contribution in [0.1, 0.15) is 260 Å². The highest BCUT2D eigenvalue weighted by atomic mass is 17.1. The van der Waals surface area contributed by atoms with Crippen molar-refractivity contribution < 1.29 is 33.2 Å². The van der Waals surface area contributed by atoms with Crippen molar-refractivity contribution in [3.05, 3.63) is 24.3 Å². The van der Waals surface area contributed by atoms with Crippen molar-refractivity contribution in [1.29, 1.82) is 0 Å². The Labute approximate surface area is 368 Å². The average molecular weight is 839 g/mol. The fourth-order valence-corrected chi connectivity index (χ4v) is 6.91. The Hall–Kier alpha value is -0.800. The summed E-state index contributed by atoms with van der Waals surface area (Å²) in [6, 6.07) is 0. The predicted octanol–water partition coefficient (Wildman–Crippen LogP) is 16.8. The van der Waals surface area contributed by atoms with E-state index in [9.17, 15) is 0 Å². The zero-order valence-corrected chi connectivity index (χ0v) is 40.5. The van der Waals surface area contributed by atoms with Gasteiger partial charge in [-0.1, -0.05) is 233 Å². The van der Waals surface area contributed by atoms with E-state index in [1.807, 2.05) is 0 Å². The second-order valence-electron chi connectivity index (χ2n) is 16.8. The summed E-state index contributed by atoms with van der Waals surface area (Å²) in [5.74, 6) is 0. The number of rotatable bonds is 50. The van der Waals surface area contributed by atoms with Crippen LogP contribution in [0.4, 0.5) is 0 Å². The maximum Gasteiger partial charge on any atom is 0.418 e. The molecule has 0 radical (unpaired) electrons. The highest BCUT2D eigenvalue weighted by Crippen LogP contribution is 2.32. The monoisotopic (exact) mass is 839 g/mol. The van der Waals surface area contributed by atoms with Crippen molar-refractivity contribution >= 4 is 0 Å². The highest BCUT2D eigenvalue weighted by molar-refractivity contribution is 4.81. The van der Waals surface area contributed by atoms with Crippen molar-refractivity contribution in [2.45, 2.75) is 272 Å². The molecule has 0 aromatic heterocycles. The number of hydrogen-bond donors (Lipinski definition) is 0. The maximum atomic E-state index is 6.94. The molecule has 0 aliphatic heterocycles. The molecule has 0 atom stereocenters. The predicted molar refractivity (Wildman–Crippen MR) is 252 cm³/mol. The van der Waals surface area contributed by atoms with Gasteiger partial charge in [-0.2, -0.15) is 0 Å². The summed E-state index contributed by atoms with van der Waals surface area (Å²) < 4.78 is 46.9. The van der Waals surface area contributed by atoms with E-state index in [1.165, 1.54) is 128 Å². The van der Waals surface area contributed by atoms with Gasteiger partial charge >= 0.3 is 12.3 Å². The lowest BCUT2D eigenvalue weighted by Crippen LogP contribution is -2.55. The minimum absolute atomic E-state index is 0.375. The number of unbranched alkanes of at least 4 members (excludes halogenated alkanes) is 26. The van der Waals surface area contributed by atoms with E-state index in [1.54, 1.807) is 0 Å². The fourth-order valence-electron chi connectivity index (χ4n) is 6.91. The van der Waals surface area contributed by atoms with Gasteiger partial charge in [-0.3, -0.25) is 0 Å². The van der Waals surface area contributed by atoms with Crippen LogP contribution in [0.15, 0.2) is 24.3 Å². The van der Waals surface area contributed by atoms with Crippen LogP contribution in [-0.4, -0.2) is 52.0 Å². The molecule has 0 amide bonds. The minimum Gasteiger partial charge on any atom is -0.303 e. The second kappa shape index (κ2) is 46.7. The van der Waals surface area contributed by atoms with E-state index in [0.717, 1.165) is 89.9 Å². The van der Waals surface area contributed by atoms with Gasteiger partial charge in [0.15, 0.2) is 0 Å². The average Bonchev–Trinajstić information content (AvgIpc) is 3.24. The Kier molecular flexibility index (Phi) is 46.1. The molecule has 0 spiro atoms. The van der Waals surface area contributed by atoms with Crippen LogP contribution >= 0.6 is 0 Å². The summed E-state index contributed by atoms with van der Waals surface area (Å²) in [7, 11) is 0.